The molecule has 0 aromatic heterocycles. The monoisotopic (exact) mass is 286 g/mol. The van der Waals surface area contributed by atoms with Crippen molar-refractivity contribution in [3.05, 3.63) is 29.8 Å². The normalized spacial score (nSPS) is 11.4. The molecule has 0 aliphatic heterocycles. The number of esters is 1. The van der Waals surface area contributed by atoms with Crippen molar-refractivity contribution in [1.82, 2.24) is 0 Å². The highest BCUT2D eigenvalue weighted by Crippen LogP contribution is 2.33. The van der Waals surface area contributed by atoms with Gasteiger partial charge in [0.15, 0.2) is 11.5 Å². The summed E-state index contributed by atoms with van der Waals surface area (Å²) in [4.78, 5) is 11.1. The van der Waals surface area contributed by atoms with E-state index >= 15 is 0 Å². The lowest BCUT2D eigenvalue weighted by Gasteiger charge is -2.17. The number of alkyl halides is 2. The molecule has 1 rings (SSSR count). The summed E-state index contributed by atoms with van der Waals surface area (Å²) in [6.07, 6.45) is -0.496. The third-order valence-corrected chi connectivity index (χ3v) is 2.30. The number of halogens is 2. The van der Waals surface area contributed by atoms with Crippen LogP contribution >= 0.6 is 0 Å². The van der Waals surface area contributed by atoms with E-state index in [1.54, 1.807) is 18.2 Å². The Morgan fingerprint density at radius 3 is 2.60 bits per heavy atom. The molecule has 0 aliphatic rings. The van der Waals surface area contributed by atoms with E-state index < -0.39 is 12.1 Å². The first kappa shape index (κ1) is 15.9. The largest absolute Gasteiger partial charge is 0.502 e. The van der Waals surface area contributed by atoms with Gasteiger partial charge < -0.3 is 14.2 Å². The molecule has 0 saturated carbocycles. The summed E-state index contributed by atoms with van der Waals surface area (Å²) in [6, 6.07) is 4.40. The number of allylic oxidation sites excluding steroid dienone is 1. The third kappa shape index (κ3) is 3.94. The van der Waals surface area contributed by atoms with E-state index in [1.807, 2.05) is 6.92 Å². The van der Waals surface area contributed by atoms with Crippen LogP contribution in [0.5, 0.6) is 11.5 Å². The number of hydrogen-bond acceptors (Lipinski definition) is 4. The zero-order valence-electron chi connectivity index (χ0n) is 11.5. The molecule has 0 radical (unpaired) electrons. The van der Waals surface area contributed by atoms with Crippen LogP contribution in [0.3, 0.4) is 0 Å². The minimum absolute atomic E-state index is 0.101. The van der Waals surface area contributed by atoms with Crippen LogP contribution in [0, 0.1) is 0 Å². The van der Waals surface area contributed by atoms with Crippen molar-refractivity contribution in [3.8, 4) is 11.5 Å². The van der Waals surface area contributed by atoms with Crippen LogP contribution < -0.4 is 9.47 Å². The average Bonchev–Trinajstić information content (AvgIpc) is 2.40. The highest BCUT2D eigenvalue weighted by atomic mass is 19.3. The van der Waals surface area contributed by atoms with Crippen molar-refractivity contribution in [3.63, 3.8) is 0 Å². The van der Waals surface area contributed by atoms with E-state index in [0.717, 1.165) is 5.56 Å². The molecular formula is C14H16F2O4. The summed E-state index contributed by atoms with van der Waals surface area (Å²) >= 11 is 0. The Balaban J connectivity index is 2.99. The smallest absolute Gasteiger partial charge is 0.493 e. The minimum atomic E-state index is -4.06. The molecule has 4 nitrogen and oxygen atoms in total. The molecule has 1 aromatic rings. The summed E-state index contributed by atoms with van der Waals surface area (Å²) < 4.78 is 40.6. The fraction of sp³-hybridized carbons (Fsp3) is 0.357. The Hall–Kier alpha value is -2.11. The van der Waals surface area contributed by atoms with Gasteiger partial charge in [-0.2, -0.15) is 8.78 Å². The van der Waals surface area contributed by atoms with Crippen molar-refractivity contribution < 1.29 is 27.8 Å². The molecule has 0 spiro atoms. The Morgan fingerprint density at radius 1 is 1.35 bits per heavy atom. The summed E-state index contributed by atoms with van der Waals surface area (Å²) in [7, 11) is 1.32. The van der Waals surface area contributed by atoms with Crippen LogP contribution in [0.2, 0.25) is 0 Å². The van der Waals surface area contributed by atoms with E-state index in [4.69, 9.17) is 4.74 Å². The van der Waals surface area contributed by atoms with Gasteiger partial charge in [-0.15, -0.1) is 0 Å². The molecule has 110 valence electrons. The molecule has 6 heteroatoms. The van der Waals surface area contributed by atoms with E-state index in [0.29, 0.717) is 0 Å². The first-order valence-corrected chi connectivity index (χ1v) is 5.99. The van der Waals surface area contributed by atoms with Crippen molar-refractivity contribution in [2.24, 2.45) is 0 Å². The number of hydrogen-bond donors (Lipinski definition) is 0. The summed E-state index contributed by atoms with van der Waals surface area (Å²) in [5.74, 6) is -1.87. The predicted molar refractivity (Wildman–Crippen MR) is 69.9 cm³/mol. The highest BCUT2D eigenvalue weighted by molar-refractivity contribution is 5.76. The second-order valence-corrected chi connectivity index (χ2v) is 3.75. The number of ether oxygens (including phenoxy) is 3. The Labute approximate surface area is 115 Å². The van der Waals surface area contributed by atoms with Gasteiger partial charge in [0.05, 0.1) is 13.7 Å². The van der Waals surface area contributed by atoms with Crippen molar-refractivity contribution in [1.29, 1.82) is 0 Å². The van der Waals surface area contributed by atoms with Crippen LogP contribution in [-0.4, -0.2) is 25.8 Å². The highest BCUT2D eigenvalue weighted by Gasteiger charge is 2.44. The fourth-order valence-electron chi connectivity index (χ4n) is 1.46. The zero-order valence-corrected chi connectivity index (χ0v) is 11.5. The number of carbonyl (C=O) groups excluding carboxylic acids is 1. The molecule has 1 aromatic carbocycles. The number of carbonyl (C=O) groups is 1. The average molecular weight is 286 g/mol. The van der Waals surface area contributed by atoms with Gasteiger partial charge in [0, 0.05) is 0 Å². The maximum atomic E-state index is 13.5. The standard InChI is InChI=1S/C14H16F2O4/c1-4-6-10-7-8-11(12(9-10)18-3)20-14(15,16)13(17)19-5-2/h4,6-9H,5H2,1-3H3. The van der Waals surface area contributed by atoms with Crippen molar-refractivity contribution in [2.75, 3.05) is 13.7 Å². The first-order chi connectivity index (χ1) is 9.44. The maximum Gasteiger partial charge on any atom is 0.502 e. The van der Waals surface area contributed by atoms with Gasteiger partial charge in [0.25, 0.3) is 0 Å². The Morgan fingerprint density at radius 2 is 2.05 bits per heavy atom. The number of benzene rings is 1. The quantitative estimate of drug-likeness (QED) is 0.753. The van der Waals surface area contributed by atoms with Crippen molar-refractivity contribution in [2.45, 2.75) is 20.0 Å². The van der Waals surface area contributed by atoms with Crippen LogP contribution in [0.15, 0.2) is 24.3 Å². The Kier molecular flexibility index (Phi) is 5.49. The third-order valence-electron chi connectivity index (χ3n) is 2.30. The zero-order chi connectivity index (χ0) is 15.2. The number of rotatable bonds is 6. The molecule has 0 aliphatic carbocycles. The molecule has 0 N–H and O–H groups in total. The topological polar surface area (TPSA) is 44.8 Å². The van der Waals surface area contributed by atoms with Crippen molar-refractivity contribution >= 4 is 12.0 Å². The molecule has 0 amide bonds. The van der Waals surface area contributed by atoms with Gasteiger partial charge in [-0.1, -0.05) is 18.2 Å². The second kappa shape index (κ2) is 6.88. The molecule has 20 heavy (non-hydrogen) atoms. The lowest BCUT2D eigenvalue weighted by Crippen LogP contribution is -2.37. The van der Waals surface area contributed by atoms with Gasteiger partial charge in [-0.25, -0.2) is 4.79 Å². The predicted octanol–water partition coefficient (Wildman–Crippen LogP) is 3.26. The van der Waals surface area contributed by atoms with E-state index in [2.05, 4.69) is 9.47 Å². The fourth-order valence-corrected chi connectivity index (χ4v) is 1.46. The van der Waals surface area contributed by atoms with E-state index in [-0.39, 0.29) is 18.1 Å². The van der Waals surface area contributed by atoms with Crippen LogP contribution in [-0.2, 0) is 9.53 Å². The molecule has 0 heterocycles. The summed E-state index contributed by atoms with van der Waals surface area (Å²) in [6.45, 7) is 3.10. The molecular weight excluding hydrogens is 270 g/mol. The van der Waals surface area contributed by atoms with Crippen LogP contribution in [0.4, 0.5) is 8.78 Å². The SMILES string of the molecule is CC=Cc1ccc(OC(F)(F)C(=O)OCC)c(OC)c1. The van der Waals surface area contributed by atoms with Gasteiger partial charge in [0.1, 0.15) is 0 Å². The van der Waals surface area contributed by atoms with Gasteiger partial charge in [-0.3, -0.25) is 0 Å². The second-order valence-electron chi connectivity index (χ2n) is 3.75. The van der Waals surface area contributed by atoms with Gasteiger partial charge >= 0.3 is 12.1 Å². The summed E-state index contributed by atoms with van der Waals surface area (Å²) in [5.41, 5.74) is 0.760. The van der Waals surface area contributed by atoms with E-state index in [1.165, 1.54) is 26.2 Å². The Bertz CT molecular complexity index is 498. The number of methoxy groups -OCH3 is 1. The van der Waals surface area contributed by atoms with Gasteiger partial charge in [0.2, 0.25) is 0 Å². The molecule has 0 unspecified atom stereocenters. The lowest BCUT2D eigenvalue weighted by atomic mass is 10.2. The van der Waals surface area contributed by atoms with Crippen LogP contribution in [0.1, 0.15) is 19.4 Å². The van der Waals surface area contributed by atoms with Crippen LogP contribution in [0.25, 0.3) is 6.08 Å². The maximum absolute atomic E-state index is 13.5. The molecule has 0 saturated heterocycles. The lowest BCUT2D eigenvalue weighted by molar-refractivity contribution is -0.216. The summed E-state index contributed by atoms with van der Waals surface area (Å²) in [5, 5.41) is 0. The molecule has 0 atom stereocenters. The first-order valence-electron chi connectivity index (χ1n) is 5.99. The molecule has 0 bridgehead atoms. The molecule has 0 fully saturated rings. The van der Waals surface area contributed by atoms with E-state index in [9.17, 15) is 13.6 Å². The van der Waals surface area contributed by atoms with Gasteiger partial charge in [-0.05, 0) is 31.5 Å². The minimum Gasteiger partial charge on any atom is -0.493 e.